The van der Waals surface area contributed by atoms with E-state index in [1.807, 2.05) is 25.1 Å². The molecule has 1 fully saturated rings. The molecule has 19 heavy (non-hydrogen) atoms. The molecule has 0 aliphatic heterocycles. The molecule has 0 aromatic carbocycles. The second kappa shape index (κ2) is 5.99. The fourth-order valence-corrected chi connectivity index (χ4v) is 2.46. The lowest BCUT2D eigenvalue weighted by Crippen LogP contribution is -2.41. The SMILES string of the molecule is C[C@@H]1CCCC[C@@H]1NC(=O)c1ccc(N(C)C)nn1. The monoisotopic (exact) mass is 262 g/mol. The van der Waals surface area contributed by atoms with E-state index in [2.05, 4.69) is 22.4 Å². The van der Waals surface area contributed by atoms with Crippen molar-refractivity contribution in [3.63, 3.8) is 0 Å². The van der Waals surface area contributed by atoms with E-state index in [1.165, 1.54) is 19.3 Å². The minimum absolute atomic E-state index is 0.114. The average molecular weight is 262 g/mol. The maximum Gasteiger partial charge on any atom is 0.272 e. The Kier molecular flexibility index (Phi) is 4.35. The van der Waals surface area contributed by atoms with Gasteiger partial charge in [0.25, 0.3) is 5.91 Å². The van der Waals surface area contributed by atoms with E-state index in [0.717, 1.165) is 12.2 Å². The van der Waals surface area contributed by atoms with Crippen LogP contribution in [0.25, 0.3) is 0 Å². The molecule has 5 nitrogen and oxygen atoms in total. The highest BCUT2D eigenvalue weighted by Gasteiger charge is 2.23. The molecule has 5 heteroatoms. The quantitative estimate of drug-likeness (QED) is 0.903. The van der Waals surface area contributed by atoms with Crippen LogP contribution in [0.4, 0.5) is 5.82 Å². The van der Waals surface area contributed by atoms with Gasteiger partial charge in [0.1, 0.15) is 0 Å². The second-order valence-corrected chi connectivity index (χ2v) is 5.51. The zero-order valence-electron chi connectivity index (χ0n) is 11.9. The molecule has 0 saturated heterocycles. The number of rotatable bonds is 3. The van der Waals surface area contributed by atoms with E-state index in [4.69, 9.17) is 0 Å². The first kappa shape index (κ1) is 13.8. The van der Waals surface area contributed by atoms with Gasteiger partial charge in [-0.05, 0) is 30.9 Å². The van der Waals surface area contributed by atoms with E-state index < -0.39 is 0 Å². The Morgan fingerprint density at radius 1 is 1.26 bits per heavy atom. The Hall–Kier alpha value is -1.65. The summed E-state index contributed by atoms with van der Waals surface area (Å²) in [6, 6.07) is 3.81. The van der Waals surface area contributed by atoms with Crippen LogP contribution in [0, 0.1) is 5.92 Å². The van der Waals surface area contributed by atoms with Crippen molar-refractivity contribution in [2.75, 3.05) is 19.0 Å². The Morgan fingerprint density at radius 2 is 2.00 bits per heavy atom. The Labute approximate surface area is 114 Å². The summed E-state index contributed by atoms with van der Waals surface area (Å²) >= 11 is 0. The topological polar surface area (TPSA) is 58.1 Å². The molecule has 0 bridgehead atoms. The second-order valence-electron chi connectivity index (χ2n) is 5.51. The first-order valence-electron chi connectivity index (χ1n) is 6.90. The van der Waals surface area contributed by atoms with Crippen molar-refractivity contribution in [3.8, 4) is 0 Å². The maximum absolute atomic E-state index is 12.1. The number of hydrogen-bond acceptors (Lipinski definition) is 4. The number of aromatic nitrogens is 2. The number of carbonyl (C=O) groups is 1. The minimum atomic E-state index is -0.114. The fourth-order valence-electron chi connectivity index (χ4n) is 2.46. The van der Waals surface area contributed by atoms with Crippen molar-refractivity contribution in [1.29, 1.82) is 0 Å². The molecule has 0 spiro atoms. The first-order valence-corrected chi connectivity index (χ1v) is 6.90. The van der Waals surface area contributed by atoms with Gasteiger partial charge in [0.15, 0.2) is 11.5 Å². The Morgan fingerprint density at radius 3 is 2.58 bits per heavy atom. The summed E-state index contributed by atoms with van der Waals surface area (Å²) in [5, 5.41) is 11.1. The van der Waals surface area contributed by atoms with Gasteiger partial charge in [-0.2, -0.15) is 0 Å². The predicted octanol–water partition coefficient (Wildman–Crippen LogP) is 1.85. The lowest BCUT2D eigenvalue weighted by molar-refractivity contribution is 0.0904. The fraction of sp³-hybridized carbons (Fsp3) is 0.643. The van der Waals surface area contributed by atoms with Crippen LogP contribution in [-0.4, -0.2) is 36.2 Å². The summed E-state index contributed by atoms with van der Waals surface area (Å²) in [6.07, 6.45) is 4.72. The van der Waals surface area contributed by atoms with Gasteiger partial charge >= 0.3 is 0 Å². The van der Waals surface area contributed by atoms with Gasteiger partial charge < -0.3 is 10.2 Å². The molecule has 1 heterocycles. The van der Waals surface area contributed by atoms with Gasteiger partial charge in [-0.3, -0.25) is 4.79 Å². The van der Waals surface area contributed by atoms with Gasteiger partial charge in [0.2, 0.25) is 0 Å². The van der Waals surface area contributed by atoms with Gasteiger partial charge in [0, 0.05) is 20.1 Å². The molecule has 2 atom stereocenters. The van der Waals surface area contributed by atoms with Crippen molar-refractivity contribution in [1.82, 2.24) is 15.5 Å². The molecule has 1 aliphatic carbocycles. The van der Waals surface area contributed by atoms with Crippen molar-refractivity contribution in [3.05, 3.63) is 17.8 Å². The van der Waals surface area contributed by atoms with E-state index in [-0.39, 0.29) is 11.9 Å². The summed E-state index contributed by atoms with van der Waals surface area (Å²) in [5.74, 6) is 1.19. The number of hydrogen-bond donors (Lipinski definition) is 1. The third kappa shape index (κ3) is 3.43. The highest BCUT2D eigenvalue weighted by Crippen LogP contribution is 2.23. The van der Waals surface area contributed by atoms with Gasteiger partial charge in [-0.1, -0.05) is 19.8 Å². The molecule has 1 aromatic rings. The largest absolute Gasteiger partial charge is 0.361 e. The Balaban J connectivity index is 1.99. The standard InChI is InChI=1S/C14H22N4O/c1-10-6-4-5-7-11(10)15-14(19)12-8-9-13(17-16-12)18(2)3/h8-11H,4-7H2,1-3H3,(H,15,19)/t10-,11+/m1/s1. The molecule has 1 amide bonds. The Bertz CT molecular complexity index is 430. The summed E-state index contributed by atoms with van der Waals surface area (Å²) in [5.41, 5.74) is 0.392. The van der Waals surface area contributed by atoms with Crippen molar-refractivity contribution in [2.24, 2.45) is 5.92 Å². The molecule has 1 N–H and O–H groups in total. The third-order valence-electron chi connectivity index (χ3n) is 3.77. The summed E-state index contributed by atoms with van der Waals surface area (Å²) in [4.78, 5) is 14.0. The highest BCUT2D eigenvalue weighted by atomic mass is 16.2. The smallest absolute Gasteiger partial charge is 0.272 e. The highest BCUT2D eigenvalue weighted by molar-refractivity contribution is 5.92. The van der Waals surface area contributed by atoms with Gasteiger partial charge in [-0.15, -0.1) is 10.2 Å². The number of nitrogens with one attached hydrogen (secondary N) is 1. The molecular formula is C14H22N4O. The van der Waals surface area contributed by atoms with Crippen molar-refractivity contribution >= 4 is 11.7 Å². The molecule has 1 saturated carbocycles. The van der Waals surface area contributed by atoms with Gasteiger partial charge in [-0.25, -0.2) is 0 Å². The number of carbonyl (C=O) groups excluding carboxylic acids is 1. The average Bonchev–Trinajstić information content (AvgIpc) is 2.41. The zero-order valence-corrected chi connectivity index (χ0v) is 11.9. The van der Waals surface area contributed by atoms with Crippen LogP contribution in [-0.2, 0) is 0 Å². The summed E-state index contributed by atoms with van der Waals surface area (Å²) in [6.45, 7) is 2.20. The van der Waals surface area contributed by atoms with Crippen LogP contribution >= 0.6 is 0 Å². The molecular weight excluding hydrogens is 240 g/mol. The first-order chi connectivity index (χ1) is 9.08. The van der Waals surface area contributed by atoms with E-state index in [0.29, 0.717) is 11.6 Å². The lowest BCUT2D eigenvalue weighted by Gasteiger charge is -2.29. The van der Waals surface area contributed by atoms with E-state index >= 15 is 0 Å². The van der Waals surface area contributed by atoms with Crippen LogP contribution < -0.4 is 10.2 Å². The van der Waals surface area contributed by atoms with Crippen LogP contribution in [0.3, 0.4) is 0 Å². The van der Waals surface area contributed by atoms with Crippen LogP contribution in [0.2, 0.25) is 0 Å². The summed E-state index contributed by atoms with van der Waals surface area (Å²) in [7, 11) is 3.79. The maximum atomic E-state index is 12.1. The molecule has 1 aromatic heterocycles. The number of amides is 1. The predicted molar refractivity (Wildman–Crippen MR) is 75.2 cm³/mol. The minimum Gasteiger partial charge on any atom is -0.361 e. The third-order valence-corrected chi connectivity index (χ3v) is 3.77. The molecule has 2 rings (SSSR count). The van der Waals surface area contributed by atoms with Gasteiger partial charge in [0.05, 0.1) is 0 Å². The van der Waals surface area contributed by atoms with Crippen molar-refractivity contribution < 1.29 is 4.79 Å². The number of anilines is 1. The zero-order chi connectivity index (χ0) is 13.8. The summed E-state index contributed by atoms with van der Waals surface area (Å²) < 4.78 is 0. The van der Waals surface area contributed by atoms with Crippen LogP contribution in [0.1, 0.15) is 43.1 Å². The van der Waals surface area contributed by atoms with E-state index in [1.54, 1.807) is 6.07 Å². The molecule has 1 aliphatic rings. The molecule has 0 radical (unpaired) electrons. The van der Waals surface area contributed by atoms with Crippen molar-refractivity contribution in [2.45, 2.75) is 38.6 Å². The lowest BCUT2D eigenvalue weighted by atomic mass is 9.86. The molecule has 0 unspecified atom stereocenters. The normalized spacial score (nSPS) is 22.9. The molecule has 104 valence electrons. The van der Waals surface area contributed by atoms with E-state index in [9.17, 15) is 4.79 Å². The number of nitrogens with zero attached hydrogens (tertiary/aromatic N) is 3. The van der Waals surface area contributed by atoms with Crippen LogP contribution in [0.15, 0.2) is 12.1 Å². The van der Waals surface area contributed by atoms with Crippen LogP contribution in [0.5, 0.6) is 0 Å².